The van der Waals surface area contributed by atoms with Gasteiger partial charge in [-0.25, -0.2) is 9.78 Å². The maximum atomic E-state index is 13.3. The highest BCUT2D eigenvalue weighted by Gasteiger charge is 2.27. The molecule has 1 aliphatic carbocycles. The van der Waals surface area contributed by atoms with E-state index in [1.165, 1.54) is 20.2 Å². The number of aromatic nitrogens is 4. The SMILES string of the molecule is CO[C@@H]1CCC[C@@H](NC(=O)c2cnn3c(N(C)C(=O)OC(C)(C)C)cc(Nc4cccn(C)c4=O)nc23)C1. The summed E-state index contributed by atoms with van der Waals surface area (Å²) in [7, 11) is 4.87. The van der Waals surface area contributed by atoms with Crippen molar-refractivity contribution in [2.75, 3.05) is 24.4 Å². The van der Waals surface area contributed by atoms with Gasteiger partial charge in [-0.3, -0.25) is 14.5 Å². The normalized spacial score (nSPS) is 17.7. The predicted octanol–water partition coefficient (Wildman–Crippen LogP) is 3.23. The summed E-state index contributed by atoms with van der Waals surface area (Å²) in [6.45, 7) is 5.32. The van der Waals surface area contributed by atoms with Crippen LogP contribution in [-0.2, 0) is 16.5 Å². The molecule has 4 rings (SSSR count). The molecule has 0 saturated heterocycles. The summed E-state index contributed by atoms with van der Waals surface area (Å²) in [5, 5.41) is 10.5. The average molecular weight is 526 g/mol. The molecule has 2 N–H and O–H groups in total. The van der Waals surface area contributed by atoms with Gasteiger partial charge in [0.15, 0.2) is 5.65 Å². The number of anilines is 3. The fraction of sp³-hybridized carbons (Fsp3) is 0.500. The van der Waals surface area contributed by atoms with Gasteiger partial charge < -0.3 is 24.7 Å². The van der Waals surface area contributed by atoms with Crippen LogP contribution in [-0.4, -0.2) is 63.1 Å². The number of hydrogen-bond donors (Lipinski definition) is 2. The minimum Gasteiger partial charge on any atom is -0.443 e. The number of methoxy groups -OCH3 is 1. The van der Waals surface area contributed by atoms with Crippen molar-refractivity contribution in [1.29, 1.82) is 0 Å². The summed E-state index contributed by atoms with van der Waals surface area (Å²) >= 11 is 0. The number of carbonyl (C=O) groups is 2. The van der Waals surface area contributed by atoms with Crippen LogP contribution in [0.25, 0.3) is 5.65 Å². The van der Waals surface area contributed by atoms with Crippen LogP contribution in [0.4, 0.5) is 22.1 Å². The molecule has 3 aromatic rings. The third-order valence-corrected chi connectivity index (χ3v) is 6.39. The Bertz CT molecular complexity index is 1390. The first-order valence-corrected chi connectivity index (χ1v) is 12.6. The van der Waals surface area contributed by atoms with Crippen LogP contribution >= 0.6 is 0 Å². The fourth-order valence-corrected chi connectivity index (χ4v) is 4.42. The molecular formula is C26H35N7O5. The summed E-state index contributed by atoms with van der Waals surface area (Å²) < 4.78 is 13.9. The second-order valence-corrected chi connectivity index (χ2v) is 10.5. The Morgan fingerprint density at radius 2 is 2.00 bits per heavy atom. The molecule has 12 nitrogen and oxygen atoms in total. The van der Waals surface area contributed by atoms with Gasteiger partial charge in [-0.15, -0.1) is 0 Å². The highest BCUT2D eigenvalue weighted by molar-refractivity contribution is 6.00. The zero-order valence-electron chi connectivity index (χ0n) is 22.6. The van der Waals surface area contributed by atoms with E-state index in [1.807, 2.05) is 0 Å². The standard InChI is InChI=1S/C26H35N7O5/c1-26(2,3)38-25(36)32(5)21-14-20(29-19-11-8-12-31(4)24(19)35)30-22-18(15-27-33(21)22)23(34)28-16-9-7-10-17(13-16)37-6/h8,11-12,14-17H,7,9-10,13H2,1-6H3,(H,28,34)(H,29,30)/t16-,17-/m1/s1. The molecule has 3 aromatic heterocycles. The zero-order chi connectivity index (χ0) is 27.6. The van der Waals surface area contributed by atoms with E-state index in [0.29, 0.717) is 5.82 Å². The van der Waals surface area contributed by atoms with Crippen molar-refractivity contribution in [1.82, 2.24) is 24.5 Å². The van der Waals surface area contributed by atoms with Gasteiger partial charge in [-0.2, -0.15) is 9.61 Å². The molecule has 38 heavy (non-hydrogen) atoms. The molecule has 2 amide bonds. The quantitative estimate of drug-likeness (QED) is 0.501. The van der Waals surface area contributed by atoms with Crippen LogP contribution in [0.5, 0.6) is 0 Å². The first-order valence-electron chi connectivity index (χ1n) is 12.6. The second kappa shape index (κ2) is 10.8. The monoisotopic (exact) mass is 525 g/mol. The molecule has 2 atom stereocenters. The first kappa shape index (κ1) is 27.1. The molecule has 0 aromatic carbocycles. The largest absolute Gasteiger partial charge is 0.443 e. The fourth-order valence-electron chi connectivity index (χ4n) is 4.42. The van der Waals surface area contributed by atoms with Crippen molar-refractivity contribution in [2.45, 2.75) is 64.2 Å². The van der Waals surface area contributed by atoms with Gasteiger partial charge in [0.25, 0.3) is 11.5 Å². The summed E-state index contributed by atoms with van der Waals surface area (Å²) in [5.74, 6) is 0.237. The van der Waals surface area contributed by atoms with Crippen molar-refractivity contribution in [3.05, 3.63) is 46.5 Å². The minimum atomic E-state index is -0.718. The Kier molecular flexibility index (Phi) is 7.72. The lowest BCUT2D eigenvalue weighted by molar-refractivity contribution is 0.0561. The maximum Gasteiger partial charge on any atom is 0.415 e. The van der Waals surface area contributed by atoms with Crippen LogP contribution in [0.3, 0.4) is 0 Å². The molecule has 1 fully saturated rings. The summed E-state index contributed by atoms with van der Waals surface area (Å²) in [4.78, 5) is 44.7. The van der Waals surface area contributed by atoms with Crippen molar-refractivity contribution < 1.29 is 19.1 Å². The lowest BCUT2D eigenvalue weighted by Crippen LogP contribution is -2.40. The number of carbonyl (C=O) groups excluding carboxylic acids is 2. The lowest BCUT2D eigenvalue weighted by Gasteiger charge is -2.28. The van der Waals surface area contributed by atoms with E-state index in [4.69, 9.17) is 9.47 Å². The predicted molar refractivity (Wildman–Crippen MR) is 143 cm³/mol. The summed E-state index contributed by atoms with van der Waals surface area (Å²) in [6, 6.07) is 4.90. The van der Waals surface area contributed by atoms with E-state index < -0.39 is 11.7 Å². The smallest absolute Gasteiger partial charge is 0.415 e. The van der Waals surface area contributed by atoms with E-state index in [-0.39, 0.29) is 46.3 Å². The first-order chi connectivity index (χ1) is 18.0. The molecule has 1 aliphatic rings. The average Bonchev–Trinajstić information content (AvgIpc) is 3.29. The third kappa shape index (κ3) is 5.96. The van der Waals surface area contributed by atoms with Crippen LogP contribution in [0.1, 0.15) is 56.8 Å². The highest BCUT2D eigenvalue weighted by atomic mass is 16.6. The van der Waals surface area contributed by atoms with Gasteiger partial charge >= 0.3 is 6.09 Å². The van der Waals surface area contributed by atoms with E-state index in [1.54, 1.807) is 66.4 Å². The van der Waals surface area contributed by atoms with Gasteiger partial charge in [-0.05, 0) is 58.6 Å². The van der Waals surface area contributed by atoms with E-state index in [0.717, 1.165) is 25.7 Å². The molecule has 0 spiro atoms. The Morgan fingerprint density at radius 1 is 1.24 bits per heavy atom. The Balaban J connectivity index is 1.74. The molecule has 0 bridgehead atoms. The van der Waals surface area contributed by atoms with Crippen LogP contribution < -0.4 is 21.1 Å². The number of fused-ring (bicyclic) bond motifs is 1. The van der Waals surface area contributed by atoms with Gasteiger partial charge in [-0.1, -0.05) is 0 Å². The summed E-state index contributed by atoms with van der Waals surface area (Å²) in [6.07, 6.45) is 6.07. The van der Waals surface area contributed by atoms with Gasteiger partial charge in [0.1, 0.15) is 28.5 Å². The van der Waals surface area contributed by atoms with Crippen LogP contribution in [0.15, 0.2) is 35.4 Å². The minimum absolute atomic E-state index is 0.0336. The van der Waals surface area contributed by atoms with Crippen molar-refractivity contribution >= 4 is 35.0 Å². The molecule has 204 valence electrons. The lowest BCUT2D eigenvalue weighted by atomic mass is 9.92. The molecule has 0 unspecified atom stereocenters. The Morgan fingerprint density at radius 3 is 2.71 bits per heavy atom. The van der Waals surface area contributed by atoms with Crippen molar-refractivity contribution in [2.24, 2.45) is 7.05 Å². The topological polar surface area (TPSA) is 132 Å². The number of amides is 2. The zero-order valence-corrected chi connectivity index (χ0v) is 22.6. The maximum absolute atomic E-state index is 13.3. The number of ether oxygens (including phenoxy) is 2. The number of nitrogens with one attached hydrogen (secondary N) is 2. The number of aryl methyl sites for hydroxylation is 1. The van der Waals surface area contributed by atoms with Gasteiger partial charge in [0, 0.05) is 39.5 Å². The second-order valence-electron chi connectivity index (χ2n) is 10.5. The molecule has 12 heteroatoms. The van der Waals surface area contributed by atoms with E-state index >= 15 is 0 Å². The highest BCUT2D eigenvalue weighted by Crippen LogP contribution is 2.26. The molecule has 0 radical (unpaired) electrons. The van der Waals surface area contributed by atoms with E-state index in [9.17, 15) is 14.4 Å². The molecular weight excluding hydrogens is 490 g/mol. The number of hydrogen-bond acceptors (Lipinski definition) is 8. The van der Waals surface area contributed by atoms with E-state index in [2.05, 4.69) is 20.7 Å². The number of rotatable bonds is 6. The van der Waals surface area contributed by atoms with Crippen LogP contribution in [0.2, 0.25) is 0 Å². The van der Waals surface area contributed by atoms with Crippen LogP contribution in [0, 0.1) is 0 Å². The molecule has 0 aliphatic heterocycles. The van der Waals surface area contributed by atoms with Gasteiger partial charge in [0.2, 0.25) is 0 Å². The molecule has 3 heterocycles. The van der Waals surface area contributed by atoms with Crippen molar-refractivity contribution in [3.63, 3.8) is 0 Å². The van der Waals surface area contributed by atoms with Gasteiger partial charge in [0.05, 0.1) is 12.3 Å². The molecule has 1 saturated carbocycles. The summed E-state index contributed by atoms with van der Waals surface area (Å²) in [5.41, 5.74) is -0.217. The van der Waals surface area contributed by atoms with Crippen molar-refractivity contribution in [3.8, 4) is 0 Å². The Labute approximate surface area is 220 Å². The number of pyridine rings is 1. The number of nitrogens with zero attached hydrogens (tertiary/aromatic N) is 5. The Hall–Kier alpha value is -3.93. The third-order valence-electron chi connectivity index (χ3n) is 6.39.